The number of aromatic nitrogens is 1. The van der Waals surface area contributed by atoms with E-state index in [1.54, 1.807) is 11.3 Å². The highest BCUT2D eigenvalue weighted by atomic mass is 32.1. The van der Waals surface area contributed by atoms with Crippen molar-refractivity contribution in [2.24, 2.45) is 5.73 Å². The molecule has 0 fully saturated rings. The minimum absolute atomic E-state index is 0.525. The number of para-hydroxylation sites is 1. The molecule has 0 unspecified atom stereocenters. The highest BCUT2D eigenvalue weighted by molar-refractivity contribution is 7.13. The Kier molecular flexibility index (Phi) is 3.32. The normalized spacial score (nSPS) is 10.2. The van der Waals surface area contributed by atoms with Gasteiger partial charge in [-0.15, -0.1) is 11.3 Å². The molecule has 15 heavy (non-hydrogen) atoms. The summed E-state index contributed by atoms with van der Waals surface area (Å²) < 4.78 is 5.56. The van der Waals surface area contributed by atoms with Crippen LogP contribution in [0.25, 0.3) is 10.4 Å². The molecule has 2 N–H and O–H groups in total. The molecule has 0 amide bonds. The van der Waals surface area contributed by atoms with Gasteiger partial charge >= 0.3 is 0 Å². The second kappa shape index (κ2) is 4.91. The largest absolute Gasteiger partial charge is 0.492 e. The lowest BCUT2D eigenvalue weighted by Gasteiger charge is -2.08. The molecule has 1 aromatic heterocycles. The average Bonchev–Trinajstić information content (AvgIpc) is 2.80. The van der Waals surface area contributed by atoms with Gasteiger partial charge in [0.1, 0.15) is 12.4 Å². The molecule has 0 saturated heterocycles. The van der Waals surface area contributed by atoms with Crippen molar-refractivity contribution >= 4 is 11.3 Å². The van der Waals surface area contributed by atoms with Gasteiger partial charge in [0.05, 0.1) is 10.4 Å². The Labute approximate surface area is 92.5 Å². The van der Waals surface area contributed by atoms with Crippen molar-refractivity contribution in [3.05, 3.63) is 36.0 Å². The number of benzene rings is 1. The Hall–Kier alpha value is -1.39. The molecule has 2 rings (SSSR count). The maximum atomic E-state index is 5.56. The van der Waals surface area contributed by atoms with Crippen LogP contribution in [0.2, 0.25) is 0 Å². The van der Waals surface area contributed by atoms with Crippen LogP contribution in [0, 0.1) is 0 Å². The summed E-state index contributed by atoms with van der Waals surface area (Å²) in [6.07, 6.45) is 1.84. The van der Waals surface area contributed by atoms with Crippen molar-refractivity contribution in [1.29, 1.82) is 0 Å². The maximum Gasteiger partial charge on any atom is 0.128 e. The minimum Gasteiger partial charge on any atom is -0.492 e. The molecule has 0 radical (unpaired) electrons. The summed E-state index contributed by atoms with van der Waals surface area (Å²) in [5, 5.41) is 0. The van der Waals surface area contributed by atoms with Crippen LogP contribution in [-0.4, -0.2) is 18.1 Å². The maximum absolute atomic E-state index is 5.56. The Balaban J connectivity index is 2.30. The van der Waals surface area contributed by atoms with Crippen molar-refractivity contribution in [3.63, 3.8) is 0 Å². The first kappa shape index (κ1) is 10.1. The van der Waals surface area contributed by atoms with Crippen LogP contribution in [0.3, 0.4) is 0 Å². The molecule has 0 bridgehead atoms. The highest BCUT2D eigenvalue weighted by Gasteiger charge is 2.06. The summed E-state index contributed by atoms with van der Waals surface area (Å²) in [5.41, 5.74) is 8.30. The smallest absolute Gasteiger partial charge is 0.128 e. The monoisotopic (exact) mass is 220 g/mol. The van der Waals surface area contributed by atoms with Gasteiger partial charge in [-0.3, -0.25) is 4.98 Å². The summed E-state index contributed by atoms with van der Waals surface area (Å²) in [7, 11) is 0. The number of ether oxygens (including phenoxy) is 1. The lowest BCUT2D eigenvalue weighted by atomic mass is 10.2. The zero-order valence-electron chi connectivity index (χ0n) is 8.22. The van der Waals surface area contributed by atoms with Crippen LogP contribution >= 0.6 is 11.3 Å². The van der Waals surface area contributed by atoms with E-state index in [0.717, 1.165) is 16.2 Å². The standard InChI is InChI=1S/C11H12N2OS/c12-5-6-14-10-4-2-1-3-9(10)11-7-13-8-15-11/h1-4,7-8H,5-6,12H2. The van der Waals surface area contributed by atoms with Crippen LogP contribution in [0.5, 0.6) is 5.75 Å². The van der Waals surface area contributed by atoms with Crippen molar-refractivity contribution in [3.8, 4) is 16.2 Å². The lowest BCUT2D eigenvalue weighted by molar-refractivity contribution is 0.329. The van der Waals surface area contributed by atoms with Crippen molar-refractivity contribution in [2.75, 3.05) is 13.2 Å². The summed E-state index contributed by atoms with van der Waals surface area (Å²) >= 11 is 1.60. The average molecular weight is 220 g/mol. The van der Waals surface area contributed by atoms with Crippen LogP contribution in [0.15, 0.2) is 36.0 Å². The third-order valence-electron chi connectivity index (χ3n) is 1.96. The Morgan fingerprint density at radius 2 is 2.20 bits per heavy atom. The van der Waals surface area contributed by atoms with Gasteiger partial charge < -0.3 is 10.5 Å². The van der Waals surface area contributed by atoms with E-state index in [4.69, 9.17) is 10.5 Å². The zero-order valence-corrected chi connectivity index (χ0v) is 9.04. The number of rotatable bonds is 4. The van der Waals surface area contributed by atoms with Crippen molar-refractivity contribution in [1.82, 2.24) is 4.98 Å². The van der Waals surface area contributed by atoms with E-state index in [1.165, 1.54) is 0 Å². The van der Waals surface area contributed by atoms with E-state index in [9.17, 15) is 0 Å². The lowest BCUT2D eigenvalue weighted by Crippen LogP contribution is -2.10. The van der Waals surface area contributed by atoms with Crippen LogP contribution in [-0.2, 0) is 0 Å². The number of thiazole rings is 1. The molecule has 1 heterocycles. The molecule has 0 aliphatic rings. The van der Waals surface area contributed by atoms with E-state index in [-0.39, 0.29) is 0 Å². The molecule has 1 aromatic carbocycles. The fraction of sp³-hybridized carbons (Fsp3) is 0.182. The zero-order chi connectivity index (χ0) is 10.5. The number of nitrogens with zero attached hydrogens (tertiary/aromatic N) is 1. The van der Waals surface area contributed by atoms with Gasteiger partial charge in [-0.1, -0.05) is 12.1 Å². The molecule has 4 heteroatoms. The van der Waals surface area contributed by atoms with Crippen LogP contribution in [0.1, 0.15) is 0 Å². The summed E-state index contributed by atoms with van der Waals surface area (Å²) in [6, 6.07) is 7.92. The third-order valence-corrected chi connectivity index (χ3v) is 2.77. The van der Waals surface area contributed by atoms with Gasteiger partial charge in [0.15, 0.2) is 0 Å². The third kappa shape index (κ3) is 2.34. The summed E-state index contributed by atoms with van der Waals surface area (Å²) in [5.74, 6) is 0.868. The van der Waals surface area contributed by atoms with E-state index in [2.05, 4.69) is 4.98 Å². The first-order valence-electron chi connectivity index (χ1n) is 4.72. The highest BCUT2D eigenvalue weighted by Crippen LogP contribution is 2.31. The summed E-state index contributed by atoms with van der Waals surface area (Å²) in [4.78, 5) is 5.17. The Morgan fingerprint density at radius 3 is 2.93 bits per heavy atom. The molecular weight excluding hydrogens is 208 g/mol. The Bertz CT molecular complexity index is 414. The second-order valence-electron chi connectivity index (χ2n) is 3.00. The fourth-order valence-corrected chi connectivity index (χ4v) is 1.97. The van der Waals surface area contributed by atoms with Crippen molar-refractivity contribution < 1.29 is 4.74 Å². The predicted octanol–water partition coefficient (Wildman–Crippen LogP) is 2.15. The molecule has 0 aliphatic carbocycles. The SMILES string of the molecule is NCCOc1ccccc1-c1cncs1. The van der Waals surface area contributed by atoms with Gasteiger partial charge in [0, 0.05) is 18.3 Å². The molecule has 78 valence electrons. The molecule has 3 nitrogen and oxygen atoms in total. The topological polar surface area (TPSA) is 48.1 Å². The quantitative estimate of drug-likeness (QED) is 0.858. The Morgan fingerprint density at radius 1 is 1.33 bits per heavy atom. The molecule has 0 atom stereocenters. The number of nitrogens with two attached hydrogens (primary N) is 1. The van der Waals surface area contributed by atoms with Crippen LogP contribution in [0.4, 0.5) is 0 Å². The first-order valence-corrected chi connectivity index (χ1v) is 5.60. The van der Waals surface area contributed by atoms with E-state index in [1.807, 2.05) is 36.0 Å². The second-order valence-corrected chi connectivity index (χ2v) is 3.89. The molecule has 2 aromatic rings. The molecule has 0 spiro atoms. The van der Waals surface area contributed by atoms with E-state index < -0.39 is 0 Å². The number of hydrogen-bond donors (Lipinski definition) is 1. The molecule has 0 aliphatic heterocycles. The van der Waals surface area contributed by atoms with Crippen molar-refractivity contribution in [2.45, 2.75) is 0 Å². The van der Waals surface area contributed by atoms with E-state index in [0.29, 0.717) is 13.2 Å². The number of hydrogen-bond acceptors (Lipinski definition) is 4. The fourth-order valence-electron chi connectivity index (χ4n) is 1.31. The van der Waals surface area contributed by atoms with Gasteiger partial charge in [0.25, 0.3) is 0 Å². The van der Waals surface area contributed by atoms with Gasteiger partial charge in [-0.05, 0) is 12.1 Å². The van der Waals surface area contributed by atoms with Gasteiger partial charge in [0.2, 0.25) is 0 Å². The molecule has 0 saturated carbocycles. The predicted molar refractivity (Wildman–Crippen MR) is 62.1 cm³/mol. The van der Waals surface area contributed by atoms with Gasteiger partial charge in [-0.25, -0.2) is 0 Å². The summed E-state index contributed by atoms with van der Waals surface area (Å²) in [6.45, 7) is 1.06. The molecular formula is C11H12N2OS. The van der Waals surface area contributed by atoms with Crippen LogP contribution < -0.4 is 10.5 Å². The van der Waals surface area contributed by atoms with Gasteiger partial charge in [-0.2, -0.15) is 0 Å². The van der Waals surface area contributed by atoms with E-state index >= 15 is 0 Å². The minimum atomic E-state index is 0.525. The first-order chi connectivity index (χ1) is 7.42.